The first kappa shape index (κ1) is 10.7. The van der Waals surface area contributed by atoms with Crippen LogP contribution in [-0.4, -0.2) is 4.98 Å². The molecule has 1 nitrogen and oxygen atoms in total. The summed E-state index contributed by atoms with van der Waals surface area (Å²) < 4.78 is 1.15. The molecule has 0 saturated heterocycles. The molecule has 2 rings (SSSR count). The van der Waals surface area contributed by atoms with E-state index in [1.165, 1.54) is 29.3 Å². The number of aromatic nitrogens is 1. The maximum absolute atomic E-state index is 3.53. The Morgan fingerprint density at radius 2 is 2.00 bits per heavy atom. The van der Waals surface area contributed by atoms with Crippen LogP contribution >= 0.6 is 15.9 Å². The molecular weight excluding hydrogens is 250 g/mol. The lowest BCUT2D eigenvalue weighted by Gasteiger charge is -2.10. The fourth-order valence-corrected chi connectivity index (χ4v) is 2.54. The second-order valence-corrected chi connectivity index (χ2v) is 4.86. The molecule has 0 fully saturated rings. The van der Waals surface area contributed by atoms with Crippen molar-refractivity contribution in [3.63, 3.8) is 0 Å². The number of fused-ring (bicyclic) bond motifs is 1. The summed E-state index contributed by atoms with van der Waals surface area (Å²) >= 11 is 3.53. The third kappa shape index (κ3) is 1.96. The van der Waals surface area contributed by atoms with Gasteiger partial charge in [0.05, 0.1) is 0 Å². The highest BCUT2D eigenvalue weighted by atomic mass is 79.9. The van der Waals surface area contributed by atoms with Gasteiger partial charge < -0.3 is 4.98 Å². The molecule has 80 valence electrons. The van der Waals surface area contributed by atoms with Crippen molar-refractivity contribution in [1.82, 2.24) is 4.98 Å². The van der Waals surface area contributed by atoms with Gasteiger partial charge >= 0.3 is 0 Å². The summed E-state index contributed by atoms with van der Waals surface area (Å²) in [6.45, 7) is 4.51. The highest BCUT2D eigenvalue weighted by Crippen LogP contribution is 2.31. The topological polar surface area (TPSA) is 15.8 Å². The van der Waals surface area contributed by atoms with Gasteiger partial charge in [0.25, 0.3) is 0 Å². The molecule has 1 aromatic heterocycles. The number of hydrogen-bond donors (Lipinski definition) is 1. The van der Waals surface area contributed by atoms with Crippen molar-refractivity contribution in [3.05, 3.63) is 34.4 Å². The smallest absolute Gasteiger partial charge is 0.0457 e. The van der Waals surface area contributed by atoms with Crippen LogP contribution in [-0.2, 0) is 0 Å². The van der Waals surface area contributed by atoms with Crippen LogP contribution in [0.2, 0.25) is 0 Å². The molecule has 1 heterocycles. The predicted octanol–water partition coefficient (Wildman–Crippen LogP) is 4.83. The van der Waals surface area contributed by atoms with Crippen LogP contribution < -0.4 is 0 Å². The standard InChI is InChI=1S/C13H16BrN/c1-3-9(4-2)12-8-15-13-6-5-10(14)7-11(12)13/h5-9,15H,3-4H2,1-2H3. The molecule has 0 unspecified atom stereocenters. The van der Waals surface area contributed by atoms with E-state index in [0.29, 0.717) is 5.92 Å². The van der Waals surface area contributed by atoms with Gasteiger partial charge in [-0.1, -0.05) is 29.8 Å². The van der Waals surface area contributed by atoms with Crippen LogP contribution in [0.3, 0.4) is 0 Å². The molecular formula is C13H16BrN. The largest absolute Gasteiger partial charge is 0.361 e. The first-order valence-corrected chi connectivity index (χ1v) is 6.32. The van der Waals surface area contributed by atoms with Gasteiger partial charge in [0.2, 0.25) is 0 Å². The third-order valence-corrected chi connectivity index (χ3v) is 3.59. The summed E-state index contributed by atoms with van der Waals surface area (Å²) in [6.07, 6.45) is 4.57. The van der Waals surface area contributed by atoms with Crippen molar-refractivity contribution in [2.75, 3.05) is 0 Å². The van der Waals surface area contributed by atoms with Gasteiger partial charge in [-0.15, -0.1) is 0 Å². The summed E-state index contributed by atoms with van der Waals surface area (Å²) in [7, 11) is 0. The van der Waals surface area contributed by atoms with E-state index in [1.807, 2.05) is 0 Å². The summed E-state index contributed by atoms with van der Waals surface area (Å²) in [6, 6.07) is 6.42. The fourth-order valence-electron chi connectivity index (χ4n) is 2.18. The van der Waals surface area contributed by atoms with Crippen molar-refractivity contribution in [2.45, 2.75) is 32.6 Å². The Morgan fingerprint density at radius 3 is 2.67 bits per heavy atom. The first-order chi connectivity index (χ1) is 7.26. The van der Waals surface area contributed by atoms with E-state index < -0.39 is 0 Å². The zero-order valence-corrected chi connectivity index (χ0v) is 10.8. The van der Waals surface area contributed by atoms with E-state index in [0.717, 1.165) is 4.47 Å². The Balaban J connectivity index is 2.55. The lowest BCUT2D eigenvalue weighted by molar-refractivity contribution is 0.646. The molecule has 1 N–H and O–H groups in total. The Labute approximate surface area is 99.0 Å². The van der Waals surface area contributed by atoms with Crippen molar-refractivity contribution in [1.29, 1.82) is 0 Å². The van der Waals surface area contributed by atoms with Crippen LogP contribution in [0, 0.1) is 0 Å². The average molecular weight is 266 g/mol. The van der Waals surface area contributed by atoms with Gasteiger partial charge in [-0.2, -0.15) is 0 Å². The molecule has 0 amide bonds. The number of aromatic amines is 1. The minimum Gasteiger partial charge on any atom is -0.361 e. The van der Waals surface area contributed by atoms with Crippen LogP contribution in [0.15, 0.2) is 28.9 Å². The minimum atomic E-state index is 0.674. The van der Waals surface area contributed by atoms with E-state index in [-0.39, 0.29) is 0 Å². The van der Waals surface area contributed by atoms with E-state index in [2.05, 4.69) is 59.2 Å². The maximum Gasteiger partial charge on any atom is 0.0457 e. The zero-order chi connectivity index (χ0) is 10.8. The van der Waals surface area contributed by atoms with E-state index in [1.54, 1.807) is 0 Å². The monoisotopic (exact) mass is 265 g/mol. The Morgan fingerprint density at radius 1 is 1.27 bits per heavy atom. The number of benzene rings is 1. The molecule has 1 aromatic carbocycles. The molecule has 0 radical (unpaired) electrons. The highest BCUT2D eigenvalue weighted by Gasteiger charge is 2.12. The minimum absolute atomic E-state index is 0.674. The number of hydrogen-bond acceptors (Lipinski definition) is 0. The predicted molar refractivity (Wildman–Crippen MR) is 69.3 cm³/mol. The first-order valence-electron chi connectivity index (χ1n) is 5.52. The molecule has 0 aliphatic carbocycles. The van der Waals surface area contributed by atoms with Gasteiger partial charge in [0.1, 0.15) is 0 Å². The molecule has 0 atom stereocenters. The summed E-state index contributed by atoms with van der Waals surface area (Å²) in [5.74, 6) is 0.674. The van der Waals surface area contributed by atoms with Crippen molar-refractivity contribution >= 4 is 26.8 Å². The van der Waals surface area contributed by atoms with E-state index >= 15 is 0 Å². The van der Waals surface area contributed by atoms with Crippen LogP contribution in [0.1, 0.15) is 38.2 Å². The van der Waals surface area contributed by atoms with Gasteiger partial charge in [-0.3, -0.25) is 0 Å². The lowest BCUT2D eigenvalue weighted by Crippen LogP contribution is -1.93. The molecule has 15 heavy (non-hydrogen) atoms. The third-order valence-electron chi connectivity index (χ3n) is 3.10. The number of nitrogens with one attached hydrogen (secondary N) is 1. The second kappa shape index (κ2) is 4.40. The quantitative estimate of drug-likeness (QED) is 0.818. The molecule has 0 aliphatic rings. The zero-order valence-electron chi connectivity index (χ0n) is 9.18. The van der Waals surface area contributed by atoms with Gasteiger partial charge in [-0.25, -0.2) is 0 Å². The van der Waals surface area contributed by atoms with Gasteiger partial charge in [0, 0.05) is 21.6 Å². The average Bonchev–Trinajstić information content (AvgIpc) is 2.64. The number of H-pyrrole nitrogens is 1. The van der Waals surface area contributed by atoms with Crippen molar-refractivity contribution in [3.8, 4) is 0 Å². The van der Waals surface area contributed by atoms with Crippen molar-refractivity contribution < 1.29 is 0 Å². The Bertz CT molecular complexity index is 455. The normalized spacial score (nSPS) is 11.5. The highest BCUT2D eigenvalue weighted by molar-refractivity contribution is 9.10. The maximum atomic E-state index is 3.53. The summed E-state index contributed by atoms with van der Waals surface area (Å²) in [5, 5.41) is 1.36. The molecule has 2 heteroatoms. The van der Waals surface area contributed by atoms with Crippen LogP contribution in [0.25, 0.3) is 10.9 Å². The van der Waals surface area contributed by atoms with Crippen molar-refractivity contribution in [2.24, 2.45) is 0 Å². The second-order valence-electron chi connectivity index (χ2n) is 3.95. The van der Waals surface area contributed by atoms with Crippen LogP contribution in [0.4, 0.5) is 0 Å². The lowest BCUT2D eigenvalue weighted by atomic mass is 9.94. The molecule has 2 aromatic rings. The summed E-state index contributed by atoms with van der Waals surface area (Å²) in [4.78, 5) is 3.34. The Hall–Kier alpha value is -0.760. The van der Waals surface area contributed by atoms with E-state index in [4.69, 9.17) is 0 Å². The van der Waals surface area contributed by atoms with E-state index in [9.17, 15) is 0 Å². The van der Waals surface area contributed by atoms with Gasteiger partial charge in [-0.05, 0) is 42.5 Å². The SMILES string of the molecule is CCC(CC)c1c[nH]c2ccc(Br)cc12. The molecule has 0 saturated carbocycles. The Kier molecular flexibility index (Phi) is 3.15. The van der Waals surface area contributed by atoms with Gasteiger partial charge in [0.15, 0.2) is 0 Å². The molecule has 0 spiro atoms. The number of rotatable bonds is 3. The fraction of sp³-hybridized carbons (Fsp3) is 0.385. The molecule has 0 aliphatic heterocycles. The summed E-state index contributed by atoms with van der Waals surface area (Å²) in [5.41, 5.74) is 2.69. The molecule has 0 bridgehead atoms. The number of halogens is 1. The van der Waals surface area contributed by atoms with Crippen LogP contribution in [0.5, 0.6) is 0 Å².